The molecule has 17 heteroatoms. The van der Waals surface area contributed by atoms with Crippen LogP contribution in [0.25, 0.3) is 33.3 Å². The van der Waals surface area contributed by atoms with Gasteiger partial charge in [-0.25, -0.2) is 22.6 Å². The fourth-order valence-corrected chi connectivity index (χ4v) is 10.4. The number of nitrogens with one attached hydrogen (secondary N) is 3. The Bertz CT molecular complexity index is 2540. The second-order valence-electron chi connectivity index (χ2n) is 17.2. The molecule has 4 amide bonds. The second kappa shape index (κ2) is 16.9. The first kappa shape index (κ1) is 41.6. The minimum atomic E-state index is -3.94. The molecule has 4 heterocycles. The lowest BCUT2D eigenvalue weighted by atomic mass is 10.0. The van der Waals surface area contributed by atoms with E-state index in [9.17, 15) is 32.0 Å². The number of nitrogens with zero attached hydrogens (tertiary/aromatic N) is 2. The number of rotatable bonds is 9. The number of carbonyl (C=O) groups excluding carboxylic acids is 4. The Balaban J connectivity index is 1.06. The van der Waals surface area contributed by atoms with E-state index in [1.807, 2.05) is 18.2 Å². The first-order chi connectivity index (χ1) is 29.9. The molecule has 2 aromatic carbocycles. The van der Waals surface area contributed by atoms with Crippen molar-refractivity contribution in [3.8, 4) is 22.8 Å². The van der Waals surface area contributed by atoms with Crippen LogP contribution in [-0.2, 0) is 29.1 Å². The molecule has 0 spiro atoms. The summed E-state index contributed by atoms with van der Waals surface area (Å²) in [6.45, 7) is -0.0882. The summed E-state index contributed by atoms with van der Waals surface area (Å²) < 4.78 is 66.4. The number of methoxy groups -OCH3 is 1. The Labute approximate surface area is 358 Å². The molecule has 4 aromatic rings. The number of fused-ring (bicyclic) bond motifs is 5. The van der Waals surface area contributed by atoms with Gasteiger partial charge in [-0.05, 0) is 101 Å². The molecule has 328 valence electrons. The Morgan fingerprint density at radius 1 is 0.968 bits per heavy atom. The number of furan rings is 1. The molecule has 2 aromatic heterocycles. The van der Waals surface area contributed by atoms with Crippen molar-refractivity contribution in [2.45, 2.75) is 119 Å². The van der Waals surface area contributed by atoms with Crippen molar-refractivity contribution < 1.29 is 50.6 Å². The molecule has 3 N–H and O–H groups in total. The number of sulfonamides is 1. The van der Waals surface area contributed by atoms with Crippen molar-refractivity contribution in [1.82, 2.24) is 25.2 Å². The zero-order valence-electron chi connectivity index (χ0n) is 34.4. The summed E-state index contributed by atoms with van der Waals surface area (Å²) in [5.74, 6) is -2.06. The van der Waals surface area contributed by atoms with Crippen LogP contribution < -0.4 is 24.8 Å². The van der Waals surface area contributed by atoms with E-state index in [4.69, 9.17) is 23.6 Å². The monoisotopic (exact) mass is 871 g/mol. The average Bonchev–Trinajstić information content (AvgIpc) is 4.07. The van der Waals surface area contributed by atoms with E-state index in [-0.39, 0.29) is 31.2 Å². The van der Waals surface area contributed by atoms with E-state index in [0.29, 0.717) is 71.2 Å². The molecule has 4 fully saturated rings. The number of halogens is 1. The number of alkyl carbamates (subject to hydrolysis) is 1. The fraction of sp³-hybridized carbons (Fsp3) is 0.489. The van der Waals surface area contributed by atoms with Gasteiger partial charge in [-0.1, -0.05) is 25.0 Å². The number of hydrogen-bond donors (Lipinski definition) is 3. The van der Waals surface area contributed by atoms with Gasteiger partial charge in [0.05, 0.1) is 24.6 Å². The molecule has 1 saturated heterocycles. The van der Waals surface area contributed by atoms with Crippen molar-refractivity contribution in [1.29, 1.82) is 0 Å². The number of hydrogen-bond acceptors (Lipinski definition) is 11. The van der Waals surface area contributed by atoms with Gasteiger partial charge in [-0.15, -0.1) is 0 Å². The number of allylic oxidation sites excluding steroid dienone is 1. The predicted octanol–water partition coefficient (Wildman–Crippen LogP) is 6.19. The molecule has 3 aliphatic carbocycles. The van der Waals surface area contributed by atoms with E-state index in [1.54, 1.807) is 37.4 Å². The Morgan fingerprint density at radius 3 is 2.50 bits per heavy atom. The maximum absolute atomic E-state index is 14.8. The minimum absolute atomic E-state index is 0.0286. The standard InChI is InChI=1S/C45H50FN5O10S/c1-58-30-17-20-33-37(22-30)61-40-38(23-35(47-39(33)40)26-13-15-28(46)16-14-26)59-31-21-36-41(52)49-45(43(54)50-62(56,57)32-18-19-32)24-27(45)9-5-3-2-4-6-12-34(42(53)51(36)25-31)48-44(55)60-29-10-7-8-11-29/h5,9,13-17,20,22-23,27,29,31-32,34,36H,2-4,6-8,10-12,18-19,21,24-25H2,1H3,(H,48,55)(H,49,52)(H,50,54)/t27-,31-,34+,36+,45-/m1/s1. The minimum Gasteiger partial charge on any atom is -0.497 e. The highest BCUT2D eigenvalue weighted by atomic mass is 32.2. The number of benzene rings is 2. The van der Waals surface area contributed by atoms with Crippen molar-refractivity contribution in [2.24, 2.45) is 5.92 Å². The van der Waals surface area contributed by atoms with Gasteiger partial charge in [-0.2, -0.15) is 0 Å². The van der Waals surface area contributed by atoms with Crippen LogP contribution in [0, 0.1) is 11.7 Å². The molecule has 0 bridgehead atoms. The fourth-order valence-electron chi connectivity index (χ4n) is 9.03. The van der Waals surface area contributed by atoms with Crippen molar-refractivity contribution in [3.63, 3.8) is 0 Å². The lowest BCUT2D eigenvalue weighted by molar-refractivity contribution is -0.141. The van der Waals surface area contributed by atoms with Crippen LogP contribution in [0.3, 0.4) is 0 Å². The SMILES string of the molecule is COc1ccc2c(c1)oc1c(O[C@@H]3C[C@H]4C(=O)N[C@]5(C(=O)NS(=O)(=O)C6CC6)C[C@H]5C=CCCCCC[C@H](NC(=O)OC5CCCC5)C(=O)N4C3)cc(-c3ccc(F)cc3)nc12. The zero-order chi connectivity index (χ0) is 43.2. The molecule has 5 atom stereocenters. The van der Waals surface area contributed by atoms with E-state index in [2.05, 4.69) is 15.4 Å². The van der Waals surface area contributed by atoms with E-state index in [1.165, 1.54) is 17.0 Å². The van der Waals surface area contributed by atoms with Crippen LogP contribution in [0.5, 0.6) is 11.5 Å². The lowest BCUT2D eigenvalue weighted by Gasteiger charge is -2.30. The van der Waals surface area contributed by atoms with Crippen LogP contribution in [0.4, 0.5) is 9.18 Å². The smallest absolute Gasteiger partial charge is 0.408 e. The summed E-state index contributed by atoms with van der Waals surface area (Å²) in [5, 5.41) is 5.72. The average molecular weight is 872 g/mol. The topological polar surface area (TPSA) is 195 Å². The summed E-state index contributed by atoms with van der Waals surface area (Å²) in [6, 6.07) is 10.6. The third-order valence-corrected chi connectivity index (χ3v) is 14.6. The van der Waals surface area contributed by atoms with E-state index >= 15 is 0 Å². The highest BCUT2D eigenvalue weighted by molar-refractivity contribution is 7.91. The quantitative estimate of drug-likeness (QED) is 0.163. The van der Waals surface area contributed by atoms with Gasteiger partial charge in [0, 0.05) is 35.4 Å². The predicted molar refractivity (Wildman–Crippen MR) is 225 cm³/mol. The summed E-state index contributed by atoms with van der Waals surface area (Å²) in [5.41, 5.74) is 0.748. The first-order valence-electron chi connectivity index (χ1n) is 21.6. The van der Waals surface area contributed by atoms with Gasteiger partial charge >= 0.3 is 6.09 Å². The molecule has 2 aliphatic heterocycles. The lowest BCUT2D eigenvalue weighted by Crippen LogP contribution is -2.58. The van der Waals surface area contributed by atoms with E-state index < -0.39 is 74.5 Å². The Morgan fingerprint density at radius 2 is 1.74 bits per heavy atom. The first-order valence-corrected chi connectivity index (χ1v) is 23.1. The summed E-state index contributed by atoms with van der Waals surface area (Å²) >= 11 is 0. The van der Waals surface area contributed by atoms with Gasteiger partial charge in [0.1, 0.15) is 52.5 Å². The Kier molecular flexibility index (Phi) is 11.3. The molecule has 15 nitrogen and oxygen atoms in total. The zero-order valence-corrected chi connectivity index (χ0v) is 35.2. The number of amides is 4. The van der Waals surface area contributed by atoms with Gasteiger partial charge in [0.25, 0.3) is 5.91 Å². The largest absolute Gasteiger partial charge is 0.497 e. The second-order valence-corrected chi connectivity index (χ2v) is 19.1. The van der Waals surface area contributed by atoms with Crippen LogP contribution in [0.2, 0.25) is 0 Å². The number of pyridine rings is 1. The maximum atomic E-state index is 14.8. The molecular formula is C45H50FN5O10S. The van der Waals surface area contributed by atoms with Crippen LogP contribution in [0.1, 0.15) is 83.5 Å². The third-order valence-electron chi connectivity index (χ3n) is 12.7. The normalized spacial score (nSPS) is 25.9. The molecule has 0 radical (unpaired) electrons. The third kappa shape index (κ3) is 8.55. The highest BCUT2D eigenvalue weighted by Crippen LogP contribution is 2.46. The van der Waals surface area contributed by atoms with Gasteiger partial charge < -0.3 is 34.2 Å². The van der Waals surface area contributed by atoms with Gasteiger partial charge in [0.2, 0.25) is 21.8 Å². The molecular weight excluding hydrogens is 822 g/mol. The molecule has 3 saturated carbocycles. The van der Waals surface area contributed by atoms with Crippen LogP contribution >= 0.6 is 0 Å². The molecule has 0 unspecified atom stereocenters. The van der Waals surface area contributed by atoms with Crippen molar-refractivity contribution >= 4 is 55.9 Å². The van der Waals surface area contributed by atoms with Crippen LogP contribution in [0.15, 0.2) is 65.1 Å². The number of aromatic nitrogens is 1. The number of ether oxygens (including phenoxy) is 3. The molecule has 9 rings (SSSR count). The summed E-state index contributed by atoms with van der Waals surface area (Å²) in [4.78, 5) is 62.9. The van der Waals surface area contributed by atoms with E-state index in [0.717, 1.165) is 38.5 Å². The highest BCUT2D eigenvalue weighted by Gasteiger charge is 2.62. The summed E-state index contributed by atoms with van der Waals surface area (Å²) in [6.07, 6.45) is 9.57. The number of carbonyl (C=O) groups is 4. The molecule has 62 heavy (non-hydrogen) atoms. The summed E-state index contributed by atoms with van der Waals surface area (Å²) in [7, 11) is -2.39. The van der Waals surface area contributed by atoms with Crippen molar-refractivity contribution in [2.75, 3.05) is 13.7 Å². The maximum Gasteiger partial charge on any atom is 0.408 e. The Hall–Kier alpha value is -5.71. The van der Waals surface area contributed by atoms with Gasteiger partial charge in [0.15, 0.2) is 11.3 Å². The van der Waals surface area contributed by atoms with Crippen LogP contribution in [-0.4, -0.2) is 90.9 Å². The van der Waals surface area contributed by atoms with Gasteiger partial charge in [-0.3, -0.25) is 19.1 Å². The molecule has 5 aliphatic rings. The van der Waals surface area contributed by atoms with Crippen molar-refractivity contribution in [3.05, 3.63) is 66.5 Å².